The molecule has 1 amide bonds. The van der Waals surface area contributed by atoms with E-state index in [1.54, 1.807) is 14.0 Å². The number of aliphatic imine (C=N–C) groups is 2. The number of carbonyl (C=O) groups excluding carboxylic acids is 1. The molecule has 2 heterocycles. The third kappa shape index (κ3) is 5.12. The molecular formula is C24H24N4O5S. The van der Waals surface area contributed by atoms with E-state index in [1.165, 1.54) is 18.9 Å². The third-order valence-electron chi connectivity index (χ3n) is 5.12. The Labute approximate surface area is 201 Å². The van der Waals surface area contributed by atoms with Crippen molar-refractivity contribution in [2.24, 2.45) is 9.98 Å². The van der Waals surface area contributed by atoms with E-state index >= 15 is 0 Å². The van der Waals surface area contributed by atoms with Gasteiger partial charge in [-0.1, -0.05) is 5.16 Å². The van der Waals surface area contributed by atoms with Gasteiger partial charge in [-0.2, -0.15) is 9.98 Å². The van der Waals surface area contributed by atoms with Crippen molar-refractivity contribution in [3.63, 3.8) is 0 Å². The van der Waals surface area contributed by atoms with Gasteiger partial charge < -0.3 is 18.7 Å². The van der Waals surface area contributed by atoms with Gasteiger partial charge in [0.1, 0.15) is 10.8 Å². The normalized spacial score (nSPS) is 13.8. The van der Waals surface area contributed by atoms with Gasteiger partial charge >= 0.3 is 6.09 Å². The van der Waals surface area contributed by atoms with Crippen molar-refractivity contribution in [3.05, 3.63) is 53.4 Å². The summed E-state index contributed by atoms with van der Waals surface area (Å²) in [5.74, 6) is 2.35. The summed E-state index contributed by atoms with van der Waals surface area (Å²) < 4.78 is 21.2. The molecule has 0 radical (unpaired) electrons. The number of amides is 1. The molecule has 2 aromatic carbocycles. The zero-order valence-corrected chi connectivity index (χ0v) is 20.1. The van der Waals surface area contributed by atoms with Crippen LogP contribution >= 0.6 is 11.8 Å². The number of methoxy groups -OCH3 is 2. The molecule has 0 saturated heterocycles. The molecule has 1 aromatic heterocycles. The van der Waals surface area contributed by atoms with Crippen LogP contribution in [0.15, 0.2) is 50.9 Å². The standard InChI is InChI=1S/C24H24N4O5S/c1-14-25-22(28-33-14)15-7-9-18(10-8-15)26-20(23(34-4)27-24(29)31-3)17-12-16-6-5-11-32-21(16)19(13-17)30-2/h7-10,12-13H,5-6,11H2,1-4H3/b26-20-,27-23-. The zero-order valence-electron chi connectivity index (χ0n) is 19.3. The van der Waals surface area contributed by atoms with Gasteiger partial charge in [0, 0.05) is 18.1 Å². The van der Waals surface area contributed by atoms with Crippen LogP contribution in [0.4, 0.5) is 10.5 Å². The van der Waals surface area contributed by atoms with Crippen molar-refractivity contribution in [2.75, 3.05) is 27.1 Å². The fourth-order valence-corrected chi connectivity index (χ4v) is 4.05. The second-order valence-corrected chi connectivity index (χ2v) is 8.15. The molecule has 0 spiro atoms. The number of hydrogen-bond acceptors (Lipinski definition) is 9. The molecule has 34 heavy (non-hydrogen) atoms. The highest BCUT2D eigenvalue weighted by atomic mass is 32.2. The predicted octanol–water partition coefficient (Wildman–Crippen LogP) is 5.03. The van der Waals surface area contributed by atoms with Crippen molar-refractivity contribution in [1.82, 2.24) is 10.1 Å². The Hall–Kier alpha value is -3.66. The molecule has 0 aliphatic carbocycles. The minimum absolute atomic E-state index is 0.420. The maximum absolute atomic E-state index is 12.0. The van der Waals surface area contributed by atoms with Gasteiger partial charge in [-0.3, -0.25) is 0 Å². The summed E-state index contributed by atoms with van der Waals surface area (Å²) >= 11 is 1.30. The van der Waals surface area contributed by atoms with Gasteiger partial charge in [0.25, 0.3) is 0 Å². The van der Waals surface area contributed by atoms with E-state index in [4.69, 9.17) is 23.7 Å². The van der Waals surface area contributed by atoms with Gasteiger partial charge in [-0.15, -0.1) is 11.8 Å². The number of hydrogen-bond donors (Lipinski definition) is 0. The SMILES string of the molecule is COC(=O)/N=C(SC)/C(=N\c1ccc(-c2noc(C)n2)cc1)c1cc2c(c(OC)c1)OCCC2. The van der Waals surface area contributed by atoms with E-state index in [0.29, 0.717) is 40.5 Å². The van der Waals surface area contributed by atoms with E-state index in [2.05, 4.69) is 15.1 Å². The van der Waals surface area contributed by atoms with Gasteiger partial charge in [0.15, 0.2) is 11.5 Å². The first-order valence-electron chi connectivity index (χ1n) is 10.6. The van der Waals surface area contributed by atoms with Crippen LogP contribution in [0.2, 0.25) is 0 Å². The van der Waals surface area contributed by atoms with Crippen LogP contribution in [0, 0.1) is 6.92 Å². The molecule has 176 valence electrons. The summed E-state index contributed by atoms with van der Waals surface area (Å²) in [5.41, 5.74) is 3.77. The number of aryl methyl sites for hydroxylation is 2. The van der Waals surface area contributed by atoms with E-state index in [-0.39, 0.29) is 0 Å². The first kappa shape index (κ1) is 23.5. The molecule has 0 bridgehead atoms. The number of rotatable bonds is 5. The van der Waals surface area contributed by atoms with Crippen LogP contribution in [0.25, 0.3) is 11.4 Å². The van der Waals surface area contributed by atoms with Crippen molar-refractivity contribution in [1.29, 1.82) is 0 Å². The molecule has 1 aliphatic rings. The highest BCUT2D eigenvalue weighted by molar-refractivity contribution is 8.15. The number of ether oxygens (including phenoxy) is 3. The molecule has 0 saturated carbocycles. The Morgan fingerprint density at radius 3 is 2.62 bits per heavy atom. The number of nitrogens with zero attached hydrogens (tertiary/aromatic N) is 4. The number of carbonyl (C=O) groups is 1. The quantitative estimate of drug-likeness (QED) is 0.370. The summed E-state index contributed by atoms with van der Waals surface area (Å²) in [6.45, 7) is 2.39. The topological polar surface area (TPSA) is 108 Å². The minimum atomic E-state index is -0.701. The Morgan fingerprint density at radius 2 is 1.97 bits per heavy atom. The molecule has 3 aromatic rings. The van der Waals surface area contributed by atoms with Crippen molar-refractivity contribution in [3.8, 4) is 22.9 Å². The van der Waals surface area contributed by atoms with E-state index < -0.39 is 6.09 Å². The van der Waals surface area contributed by atoms with E-state index in [1.807, 2.05) is 42.7 Å². The second kappa shape index (κ2) is 10.5. The highest BCUT2D eigenvalue weighted by Gasteiger charge is 2.22. The molecule has 0 unspecified atom stereocenters. The molecule has 0 atom stereocenters. The van der Waals surface area contributed by atoms with Gasteiger partial charge in [0.2, 0.25) is 11.7 Å². The first-order chi connectivity index (χ1) is 16.5. The average Bonchev–Trinajstić information content (AvgIpc) is 3.31. The molecular weight excluding hydrogens is 456 g/mol. The lowest BCUT2D eigenvalue weighted by Crippen LogP contribution is -2.17. The van der Waals surface area contributed by atoms with Crippen molar-refractivity contribution >= 4 is 34.3 Å². The van der Waals surface area contributed by atoms with Gasteiger partial charge in [0.05, 0.1) is 26.5 Å². The van der Waals surface area contributed by atoms with Crippen LogP contribution < -0.4 is 9.47 Å². The summed E-state index contributed by atoms with van der Waals surface area (Å²) in [6.07, 6.45) is 2.90. The molecule has 1 aliphatic heterocycles. The lowest BCUT2D eigenvalue weighted by atomic mass is 10.00. The van der Waals surface area contributed by atoms with Crippen LogP contribution in [0.5, 0.6) is 11.5 Å². The van der Waals surface area contributed by atoms with E-state index in [9.17, 15) is 4.79 Å². The number of aromatic nitrogens is 2. The fourth-order valence-electron chi connectivity index (χ4n) is 3.52. The van der Waals surface area contributed by atoms with Crippen LogP contribution in [0.1, 0.15) is 23.4 Å². The van der Waals surface area contributed by atoms with E-state index in [0.717, 1.165) is 35.3 Å². The number of benzene rings is 2. The number of fused-ring (bicyclic) bond motifs is 1. The molecule has 9 nitrogen and oxygen atoms in total. The minimum Gasteiger partial charge on any atom is -0.493 e. The summed E-state index contributed by atoms with van der Waals surface area (Å²) in [4.78, 5) is 25.2. The molecule has 0 N–H and O–H groups in total. The Morgan fingerprint density at radius 1 is 1.18 bits per heavy atom. The highest BCUT2D eigenvalue weighted by Crippen LogP contribution is 2.37. The lowest BCUT2D eigenvalue weighted by molar-refractivity contribution is 0.183. The molecule has 0 fully saturated rings. The molecule has 4 rings (SSSR count). The molecule has 10 heteroatoms. The maximum Gasteiger partial charge on any atom is 0.434 e. The predicted molar refractivity (Wildman–Crippen MR) is 131 cm³/mol. The van der Waals surface area contributed by atoms with Crippen LogP contribution in [-0.4, -0.2) is 54.1 Å². The average molecular weight is 481 g/mol. The zero-order chi connectivity index (χ0) is 24.1. The smallest absolute Gasteiger partial charge is 0.434 e. The Bertz CT molecular complexity index is 1230. The van der Waals surface area contributed by atoms with Gasteiger partial charge in [-0.05, 0) is 61.1 Å². The third-order valence-corrected chi connectivity index (χ3v) is 5.79. The summed E-state index contributed by atoms with van der Waals surface area (Å²) in [5, 5.41) is 4.37. The van der Waals surface area contributed by atoms with Crippen LogP contribution in [-0.2, 0) is 11.2 Å². The van der Waals surface area contributed by atoms with Crippen molar-refractivity contribution in [2.45, 2.75) is 19.8 Å². The first-order valence-corrected chi connectivity index (χ1v) is 11.8. The Kier molecular flexibility index (Phi) is 7.27. The largest absolute Gasteiger partial charge is 0.493 e. The van der Waals surface area contributed by atoms with Crippen molar-refractivity contribution < 1.29 is 23.5 Å². The number of thioether (sulfide) groups is 1. The second-order valence-electron chi connectivity index (χ2n) is 7.35. The Balaban J connectivity index is 1.81. The lowest BCUT2D eigenvalue weighted by Gasteiger charge is -2.21. The van der Waals surface area contributed by atoms with Crippen LogP contribution in [0.3, 0.4) is 0 Å². The van der Waals surface area contributed by atoms with Gasteiger partial charge in [-0.25, -0.2) is 9.79 Å². The maximum atomic E-state index is 12.0. The summed E-state index contributed by atoms with van der Waals surface area (Å²) in [7, 11) is 2.89. The fraction of sp³-hybridized carbons (Fsp3) is 0.292. The monoisotopic (exact) mass is 480 g/mol. The summed E-state index contributed by atoms with van der Waals surface area (Å²) in [6, 6.07) is 11.3.